The molecule has 4 N–H and O–H groups in total. The minimum atomic E-state index is -2.22. The first-order valence-electron chi connectivity index (χ1n) is 11.8. The molecule has 2 unspecified atom stereocenters. The SMILES string of the molecule is Cc1ccc2cccc(OCc3ccccc3N3NC(C(=O)NCCCCN)C(=O)OC3(Cl)C#N)c2n1. The van der Waals surface area contributed by atoms with Gasteiger partial charge in [0.05, 0.1) is 5.69 Å². The van der Waals surface area contributed by atoms with Gasteiger partial charge >= 0.3 is 11.2 Å². The fraction of sp³-hybridized carbons (Fsp3) is 0.308. The zero-order chi connectivity index (χ0) is 26.4. The Morgan fingerprint density at radius 3 is 2.86 bits per heavy atom. The molecular weight excluding hydrogens is 496 g/mol. The molecule has 192 valence electrons. The first-order valence-corrected chi connectivity index (χ1v) is 12.2. The highest BCUT2D eigenvalue weighted by Gasteiger charge is 2.50. The molecule has 10 nitrogen and oxygen atoms in total. The molecule has 0 bridgehead atoms. The second kappa shape index (κ2) is 11.4. The van der Waals surface area contributed by atoms with Crippen molar-refractivity contribution in [3.63, 3.8) is 0 Å². The Morgan fingerprint density at radius 1 is 1.27 bits per heavy atom. The number of ether oxygens (including phenoxy) is 2. The van der Waals surface area contributed by atoms with Crippen LogP contribution in [0.15, 0.2) is 54.6 Å². The highest BCUT2D eigenvalue weighted by atomic mass is 35.5. The van der Waals surface area contributed by atoms with Crippen LogP contribution in [0.1, 0.15) is 24.1 Å². The van der Waals surface area contributed by atoms with Crippen molar-refractivity contribution in [3.8, 4) is 11.8 Å². The van der Waals surface area contributed by atoms with E-state index >= 15 is 0 Å². The molecule has 0 radical (unpaired) electrons. The van der Waals surface area contributed by atoms with Crippen LogP contribution < -0.4 is 26.2 Å². The number of pyridine rings is 1. The summed E-state index contributed by atoms with van der Waals surface area (Å²) in [5.74, 6) is -0.981. The lowest BCUT2D eigenvalue weighted by Gasteiger charge is -2.41. The van der Waals surface area contributed by atoms with Gasteiger partial charge in [0.2, 0.25) is 6.04 Å². The summed E-state index contributed by atoms with van der Waals surface area (Å²) in [6.45, 7) is 2.83. The van der Waals surface area contributed by atoms with Gasteiger partial charge in [0.1, 0.15) is 17.9 Å². The number of hydrazine groups is 1. The van der Waals surface area contributed by atoms with E-state index in [2.05, 4.69) is 15.7 Å². The van der Waals surface area contributed by atoms with Gasteiger partial charge in [-0.25, -0.2) is 20.2 Å². The van der Waals surface area contributed by atoms with Gasteiger partial charge < -0.3 is 20.5 Å². The zero-order valence-corrected chi connectivity index (χ0v) is 21.0. The average molecular weight is 523 g/mol. The number of hydrogen-bond donors (Lipinski definition) is 3. The van der Waals surface area contributed by atoms with Gasteiger partial charge in [-0.15, -0.1) is 0 Å². The number of para-hydroxylation sites is 2. The lowest BCUT2D eigenvalue weighted by molar-refractivity contribution is -0.160. The predicted octanol–water partition coefficient (Wildman–Crippen LogP) is 2.63. The van der Waals surface area contributed by atoms with E-state index in [0.717, 1.165) is 23.0 Å². The molecule has 1 aliphatic rings. The van der Waals surface area contributed by atoms with Gasteiger partial charge in [-0.1, -0.05) is 36.4 Å². The van der Waals surface area contributed by atoms with Crippen molar-refractivity contribution in [2.45, 2.75) is 37.6 Å². The number of nitriles is 1. The number of nitrogens with two attached hydrogens (primary N) is 1. The molecule has 1 fully saturated rings. The molecule has 2 atom stereocenters. The number of alkyl halides is 1. The van der Waals surface area contributed by atoms with Gasteiger partial charge in [0, 0.05) is 23.2 Å². The molecule has 2 aromatic carbocycles. The largest absolute Gasteiger partial charge is 0.487 e. The number of esters is 1. The number of halogens is 1. The zero-order valence-electron chi connectivity index (χ0n) is 20.2. The van der Waals surface area contributed by atoms with Crippen molar-refractivity contribution in [2.24, 2.45) is 5.73 Å². The molecule has 1 amide bonds. The third-order valence-electron chi connectivity index (χ3n) is 5.79. The summed E-state index contributed by atoms with van der Waals surface area (Å²) in [7, 11) is 0. The van der Waals surface area contributed by atoms with Gasteiger partial charge in [0.25, 0.3) is 5.91 Å². The lowest BCUT2D eigenvalue weighted by Crippen LogP contribution is -2.68. The van der Waals surface area contributed by atoms with Crippen LogP contribution in [0.4, 0.5) is 5.69 Å². The highest BCUT2D eigenvalue weighted by molar-refractivity contribution is 6.27. The first-order chi connectivity index (χ1) is 17.9. The lowest BCUT2D eigenvalue weighted by atomic mass is 10.1. The third-order valence-corrected chi connectivity index (χ3v) is 6.12. The van der Waals surface area contributed by atoms with Gasteiger partial charge in [-0.05, 0) is 56.1 Å². The normalized spacial score (nSPS) is 19.2. The Morgan fingerprint density at radius 2 is 2.08 bits per heavy atom. The van der Waals surface area contributed by atoms with Crippen LogP contribution in [-0.2, 0) is 20.9 Å². The number of hydrogen-bond acceptors (Lipinski definition) is 9. The van der Waals surface area contributed by atoms with Crippen LogP contribution in [0.25, 0.3) is 10.9 Å². The number of aromatic nitrogens is 1. The Hall–Kier alpha value is -3.91. The summed E-state index contributed by atoms with van der Waals surface area (Å²) in [6.07, 6.45) is 1.39. The maximum absolute atomic E-state index is 12.7. The van der Waals surface area contributed by atoms with Crippen LogP contribution in [0.3, 0.4) is 0 Å². The summed E-state index contributed by atoms with van der Waals surface area (Å²) in [5.41, 5.74) is 10.9. The second-order valence-corrected chi connectivity index (χ2v) is 8.99. The van der Waals surface area contributed by atoms with Gasteiger partial charge in [-0.2, -0.15) is 5.26 Å². The van der Waals surface area contributed by atoms with E-state index < -0.39 is 23.1 Å². The molecule has 37 heavy (non-hydrogen) atoms. The molecule has 4 rings (SSSR count). The number of rotatable bonds is 9. The number of cyclic esters (lactones) is 1. The molecule has 0 spiro atoms. The number of aryl methyl sites for hydroxylation is 1. The second-order valence-electron chi connectivity index (χ2n) is 8.48. The molecular formula is C26H27ClN6O4. The quantitative estimate of drug-likeness (QED) is 0.127. The van der Waals surface area contributed by atoms with E-state index in [9.17, 15) is 14.9 Å². The van der Waals surface area contributed by atoms with Crippen molar-refractivity contribution in [3.05, 3.63) is 65.9 Å². The van der Waals surface area contributed by atoms with E-state index in [1.165, 1.54) is 5.01 Å². The molecule has 1 saturated heterocycles. The third kappa shape index (κ3) is 5.75. The molecule has 0 aliphatic carbocycles. The smallest absolute Gasteiger partial charge is 0.368 e. The Bertz CT molecular complexity index is 1350. The topological polar surface area (TPSA) is 143 Å². The van der Waals surface area contributed by atoms with Gasteiger partial charge in [0.15, 0.2) is 6.07 Å². The summed E-state index contributed by atoms with van der Waals surface area (Å²) in [5, 5.41) is 12.3. The Kier molecular flexibility index (Phi) is 8.08. The highest BCUT2D eigenvalue weighted by Crippen LogP contribution is 2.34. The molecule has 1 aromatic heterocycles. The standard InChI is InChI=1S/C26H27ClN6O4/c1-17-11-12-18-8-6-10-21(22(18)31-17)36-15-19-7-2-3-9-20(19)33-26(27,16-29)37-25(35)23(32-33)24(34)30-14-5-4-13-28/h2-3,6-12,23,32H,4-5,13-15,28H2,1H3,(H,30,34). The number of carbonyl (C=O) groups is 2. The van der Waals surface area contributed by atoms with Crippen LogP contribution in [0.5, 0.6) is 5.75 Å². The number of fused-ring (bicyclic) bond motifs is 1. The van der Waals surface area contributed by atoms with Crippen LogP contribution in [0.2, 0.25) is 0 Å². The van der Waals surface area contributed by atoms with Crippen LogP contribution in [0, 0.1) is 18.3 Å². The number of carbonyl (C=O) groups excluding carboxylic acids is 2. The average Bonchev–Trinajstić information content (AvgIpc) is 2.90. The summed E-state index contributed by atoms with van der Waals surface area (Å²) in [4.78, 5) is 29.9. The molecule has 11 heteroatoms. The number of benzene rings is 2. The first kappa shape index (κ1) is 26.2. The number of anilines is 1. The van der Waals surface area contributed by atoms with Gasteiger partial charge in [-0.3, -0.25) is 4.79 Å². The van der Waals surface area contributed by atoms with E-state index in [0.29, 0.717) is 36.5 Å². The van der Waals surface area contributed by atoms with Crippen molar-refractivity contribution >= 4 is 40.1 Å². The number of unbranched alkanes of at least 4 members (excludes halogenated alkanes) is 1. The monoisotopic (exact) mass is 522 g/mol. The molecule has 2 heterocycles. The summed E-state index contributed by atoms with van der Waals surface area (Å²) in [6, 6.07) is 16.9. The molecule has 1 aliphatic heterocycles. The minimum absolute atomic E-state index is 0.0887. The number of nitrogens with zero attached hydrogens (tertiary/aromatic N) is 3. The van der Waals surface area contributed by atoms with Crippen LogP contribution >= 0.6 is 11.6 Å². The maximum Gasteiger partial charge on any atom is 0.368 e. The summed E-state index contributed by atoms with van der Waals surface area (Å²) < 4.78 is 11.4. The maximum atomic E-state index is 12.7. The van der Waals surface area contributed by atoms with Crippen molar-refractivity contribution in [1.82, 2.24) is 15.7 Å². The number of nitrogens with one attached hydrogen (secondary N) is 2. The van der Waals surface area contributed by atoms with E-state index in [1.54, 1.807) is 30.3 Å². The van der Waals surface area contributed by atoms with E-state index in [1.807, 2.05) is 37.3 Å². The fourth-order valence-corrected chi connectivity index (χ4v) is 4.10. The fourth-order valence-electron chi connectivity index (χ4n) is 3.89. The van der Waals surface area contributed by atoms with Crippen LogP contribution in [-0.4, -0.2) is 41.2 Å². The predicted molar refractivity (Wildman–Crippen MR) is 138 cm³/mol. The van der Waals surface area contributed by atoms with E-state index in [-0.39, 0.29) is 6.61 Å². The minimum Gasteiger partial charge on any atom is -0.487 e. The van der Waals surface area contributed by atoms with Crippen molar-refractivity contribution in [2.75, 3.05) is 18.1 Å². The summed E-state index contributed by atoms with van der Waals surface area (Å²) >= 11 is 6.42. The Balaban J connectivity index is 1.59. The molecule has 0 saturated carbocycles. The van der Waals surface area contributed by atoms with Crippen molar-refractivity contribution in [1.29, 1.82) is 5.26 Å². The Labute approximate surface area is 219 Å². The van der Waals surface area contributed by atoms with Crippen molar-refractivity contribution < 1.29 is 19.1 Å². The number of amides is 1. The van der Waals surface area contributed by atoms with E-state index in [4.69, 9.17) is 26.8 Å². The molecule has 3 aromatic rings.